The summed E-state index contributed by atoms with van der Waals surface area (Å²) < 4.78 is 34.7. The van der Waals surface area contributed by atoms with Crippen molar-refractivity contribution in [2.75, 3.05) is 5.32 Å². The average molecular weight is 613 g/mol. The number of nitrogens with one attached hydrogen (secondary N) is 2. The number of carbonyl (C=O) groups is 2. The second-order valence-corrected chi connectivity index (χ2v) is 8.84. The van der Waals surface area contributed by atoms with Crippen LogP contribution in [0.5, 0.6) is 11.5 Å². The van der Waals surface area contributed by atoms with Crippen LogP contribution in [0.4, 0.5) is 19.3 Å². The van der Waals surface area contributed by atoms with Crippen LogP contribution >= 0.6 is 43.5 Å². The molecule has 1 heterocycles. The Labute approximate surface area is 212 Å². The van der Waals surface area contributed by atoms with Gasteiger partial charge >= 0.3 is 6.03 Å². The summed E-state index contributed by atoms with van der Waals surface area (Å²) in [7, 11) is 0. The number of ether oxygens (including phenoxy) is 1. The number of hydrogen-bond donors (Lipinski definition) is 2. The Morgan fingerprint density at radius 3 is 2.35 bits per heavy atom. The minimum absolute atomic E-state index is 0.167. The zero-order valence-electron chi connectivity index (χ0n) is 16.7. The molecule has 0 bridgehead atoms. The summed E-state index contributed by atoms with van der Waals surface area (Å²) in [6.45, 7) is 0. The molecular formula is C22H11Br2ClF2N4O3. The molecule has 0 spiro atoms. The fourth-order valence-electron chi connectivity index (χ4n) is 2.96. The van der Waals surface area contributed by atoms with Crippen molar-refractivity contribution in [3.8, 4) is 11.5 Å². The van der Waals surface area contributed by atoms with Crippen molar-refractivity contribution in [2.45, 2.75) is 0 Å². The Balaban J connectivity index is 1.47. The van der Waals surface area contributed by atoms with E-state index in [2.05, 4.69) is 47.1 Å². The maximum Gasteiger partial charge on any atom is 0.326 e. The van der Waals surface area contributed by atoms with Gasteiger partial charge in [0.05, 0.1) is 9.50 Å². The van der Waals surface area contributed by atoms with E-state index in [0.29, 0.717) is 17.8 Å². The maximum absolute atomic E-state index is 13.6. The number of rotatable bonds is 4. The summed E-state index contributed by atoms with van der Waals surface area (Å²) in [4.78, 5) is 30.2. The van der Waals surface area contributed by atoms with Gasteiger partial charge in [0.25, 0.3) is 5.91 Å². The molecule has 7 nitrogen and oxygen atoms in total. The zero-order chi connectivity index (χ0) is 24.4. The highest BCUT2D eigenvalue weighted by molar-refractivity contribution is 9.11. The Bertz CT molecular complexity index is 1440. The summed E-state index contributed by atoms with van der Waals surface area (Å²) in [6, 6.07) is 12.8. The van der Waals surface area contributed by atoms with Crippen LogP contribution in [-0.2, 0) is 0 Å². The fourth-order valence-corrected chi connectivity index (χ4v) is 4.13. The molecule has 2 N–H and O–H groups in total. The van der Waals surface area contributed by atoms with E-state index in [9.17, 15) is 18.4 Å². The van der Waals surface area contributed by atoms with E-state index < -0.39 is 29.4 Å². The van der Waals surface area contributed by atoms with Crippen LogP contribution in [0.15, 0.2) is 63.8 Å². The van der Waals surface area contributed by atoms with Gasteiger partial charge in [0.1, 0.15) is 23.4 Å². The first-order valence-electron chi connectivity index (χ1n) is 9.36. The van der Waals surface area contributed by atoms with E-state index in [1.165, 1.54) is 18.2 Å². The monoisotopic (exact) mass is 610 g/mol. The molecular weight excluding hydrogens is 602 g/mol. The number of halogens is 5. The molecule has 3 amide bonds. The molecule has 1 aromatic heterocycles. The Hall–Kier alpha value is -3.15. The van der Waals surface area contributed by atoms with Gasteiger partial charge in [0.15, 0.2) is 0 Å². The molecule has 0 aliphatic carbocycles. The molecule has 0 unspecified atom stereocenters. The molecule has 3 aromatic carbocycles. The highest BCUT2D eigenvalue weighted by Crippen LogP contribution is 2.39. The maximum atomic E-state index is 13.6. The van der Waals surface area contributed by atoms with E-state index >= 15 is 0 Å². The smallest absolute Gasteiger partial charge is 0.326 e. The van der Waals surface area contributed by atoms with E-state index in [-0.39, 0.29) is 10.7 Å². The first-order valence-corrected chi connectivity index (χ1v) is 11.3. The van der Waals surface area contributed by atoms with Gasteiger partial charge in [-0.05, 0) is 63.1 Å². The number of benzene rings is 3. The zero-order valence-corrected chi connectivity index (χ0v) is 20.6. The Morgan fingerprint density at radius 2 is 1.65 bits per heavy atom. The lowest BCUT2D eigenvalue weighted by Gasteiger charge is -2.13. The fraction of sp³-hybridized carbons (Fsp3) is 0. The van der Waals surface area contributed by atoms with Gasteiger partial charge in [0.2, 0.25) is 11.9 Å². The van der Waals surface area contributed by atoms with Crippen LogP contribution in [0.25, 0.3) is 10.8 Å². The number of urea groups is 1. The van der Waals surface area contributed by atoms with Gasteiger partial charge in [-0.2, -0.15) is 8.78 Å². The second kappa shape index (κ2) is 10.00. The highest BCUT2D eigenvalue weighted by atomic mass is 79.9. The van der Waals surface area contributed by atoms with Crippen molar-refractivity contribution in [3.63, 3.8) is 0 Å². The molecule has 4 aromatic rings. The van der Waals surface area contributed by atoms with Crippen LogP contribution in [0.3, 0.4) is 0 Å². The minimum atomic E-state index is -1.39. The molecule has 172 valence electrons. The summed E-state index contributed by atoms with van der Waals surface area (Å²) in [5.74, 6) is -3.29. The Kier molecular flexibility index (Phi) is 7.05. The molecule has 34 heavy (non-hydrogen) atoms. The lowest BCUT2D eigenvalue weighted by atomic mass is 10.1. The molecule has 0 radical (unpaired) electrons. The number of carbonyl (C=O) groups excluding carboxylic acids is 2. The lowest BCUT2D eigenvalue weighted by Crippen LogP contribution is -2.35. The average Bonchev–Trinajstić information content (AvgIpc) is 2.77. The van der Waals surface area contributed by atoms with E-state index in [1.807, 2.05) is 24.3 Å². The SMILES string of the molecule is O=C(NC(=O)c1c(F)ncnc1F)Nc1ccc(Oc2ccc3cc(Br)ccc3c2Br)c(Cl)c1. The van der Waals surface area contributed by atoms with Gasteiger partial charge in [-0.3, -0.25) is 10.1 Å². The van der Waals surface area contributed by atoms with Crippen molar-refractivity contribution in [1.82, 2.24) is 15.3 Å². The molecule has 0 saturated heterocycles. The third-order valence-corrected chi connectivity index (χ3v) is 6.11. The van der Waals surface area contributed by atoms with Gasteiger partial charge in [-0.15, -0.1) is 0 Å². The van der Waals surface area contributed by atoms with E-state index in [4.69, 9.17) is 16.3 Å². The predicted molar refractivity (Wildman–Crippen MR) is 129 cm³/mol. The van der Waals surface area contributed by atoms with Gasteiger partial charge in [-0.25, -0.2) is 14.8 Å². The summed E-state index contributed by atoms with van der Waals surface area (Å²) >= 11 is 13.3. The molecule has 12 heteroatoms. The standard InChI is InChI=1S/C22H11Br2ClF2N4O3/c23-11-2-4-13-10(7-11)1-5-16(18(13)24)34-15-6-3-12(8-14(15)25)30-22(33)31-21(32)17-19(26)28-9-29-20(17)27/h1-9H,(H2,30,31,32,33). The number of imide groups is 1. The van der Waals surface area contributed by atoms with E-state index in [0.717, 1.165) is 19.7 Å². The minimum Gasteiger partial charge on any atom is -0.455 e. The molecule has 0 fully saturated rings. The van der Waals surface area contributed by atoms with Crippen LogP contribution in [0.2, 0.25) is 5.02 Å². The van der Waals surface area contributed by atoms with Gasteiger partial charge < -0.3 is 10.1 Å². The van der Waals surface area contributed by atoms with Crippen molar-refractivity contribution in [2.24, 2.45) is 0 Å². The summed E-state index contributed by atoms with van der Waals surface area (Å²) in [6.07, 6.45) is 0.614. The van der Waals surface area contributed by atoms with Gasteiger partial charge in [-0.1, -0.05) is 39.7 Å². The molecule has 0 aliphatic heterocycles. The number of hydrogen-bond acceptors (Lipinski definition) is 5. The number of aromatic nitrogens is 2. The number of amides is 3. The van der Waals surface area contributed by atoms with E-state index in [1.54, 1.807) is 11.4 Å². The predicted octanol–water partition coefficient (Wildman–Crippen LogP) is 6.84. The first kappa shape index (κ1) is 24.0. The number of nitrogens with zero attached hydrogens (tertiary/aromatic N) is 2. The van der Waals surface area contributed by atoms with Gasteiger partial charge in [0, 0.05) is 10.2 Å². The van der Waals surface area contributed by atoms with Crippen LogP contribution < -0.4 is 15.4 Å². The second-order valence-electron chi connectivity index (χ2n) is 6.73. The Morgan fingerprint density at radius 1 is 0.941 bits per heavy atom. The lowest BCUT2D eigenvalue weighted by molar-refractivity contribution is 0.0956. The summed E-state index contributed by atoms with van der Waals surface area (Å²) in [5.41, 5.74) is -0.872. The van der Waals surface area contributed by atoms with Crippen molar-refractivity contribution in [3.05, 3.63) is 86.3 Å². The normalized spacial score (nSPS) is 10.7. The van der Waals surface area contributed by atoms with Crippen molar-refractivity contribution >= 4 is 71.9 Å². The third kappa shape index (κ3) is 5.16. The van der Waals surface area contributed by atoms with Crippen LogP contribution in [0.1, 0.15) is 10.4 Å². The first-order chi connectivity index (χ1) is 16.2. The van der Waals surface area contributed by atoms with Crippen molar-refractivity contribution in [1.29, 1.82) is 0 Å². The van der Waals surface area contributed by atoms with Crippen LogP contribution in [-0.4, -0.2) is 21.9 Å². The number of fused-ring (bicyclic) bond motifs is 1. The summed E-state index contributed by atoms with van der Waals surface area (Å²) in [5, 5.41) is 6.25. The number of anilines is 1. The highest BCUT2D eigenvalue weighted by Gasteiger charge is 2.21. The largest absolute Gasteiger partial charge is 0.455 e. The quantitative estimate of drug-likeness (QED) is 0.246. The third-order valence-electron chi connectivity index (χ3n) is 4.50. The molecule has 0 saturated carbocycles. The molecule has 0 aliphatic rings. The molecule has 4 rings (SSSR count). The van der Waals surface area contributed by atoms with Crippen molar-refractivity contribution < 1.29 is 23.1 Å². The van der Waals surface area contributed by atoms with Crippen LogP contribution in [0, 0.1) is 11.9 Å². The topological polar surface area (TPSA) is 93.2 Å². The molecule has 0 atom stereocenters.